The fourth-order valence-electron chi connectivity index (χ4n) is 10.1. The highest BCUT2D eigenvalue weighted by Crippen LogP contribution is 2.44. The SMILES string of the molecule is Cc1ccc(-c2ccc3c4ccc(-c5ccc(C)cc5)cc4n(-c4cc(C#N)c(-c5ccncc5)cc4-n4c5cc(-c6ccc(C)cc6)ccc5c5ccc(-c6ccc(C)cc6)cc54)c3c2)cc1. The van der Waals surface area contributed by atoms with Gasteiger partial charge in [0.2, 0.25) is 0 Å². The molecule has 0 bridgehead atoms. The van der Waals surface area contributed by atoms with Crippen LogP contribution in [0.2, 0.25) is 0 Å². The van der Waals surface area contributed by atoms with Gasteiger partial charge in [-0.05, 0) is 126 Å². The van der Waals surface area contributed by atoms with Crippen LogP contribution < -0.4 is 0 Å². The van der Waals surface area contributed by atoms with Gasteiger partial charge in [0.1, 0.15) is 0 Å². The minimum atomic E-state index is 0.579. The van der Waals surface area contributed by atoms with Crippen molar-refractivity contribution in [3.63, 3.8) is 0 Å². The number of aromatic nitrogens is 3. The number of pyridine rings is 1. The van der Waals surface area contributed by atoms with Gasteiger partial charge in [-0.25, -0.2) is 0 Å². The van der Waals surface area contributed by atoms with E-state index in [1.165, 1.54) is 22.3 Å². The van der Waals surface area contributed by atoms with Crippen LogP contribution in [0.15, 0.2) is 207 Å². The number of aryl methyl sites for hydroxylation is 4. The second-order valence-corrected chi connectivity index (χ2v) is 18.3. The largest absolute Gasteiger partial charge is 0.307 e. The molecule has 322 valence electrons. The van der Waals surface area contributed by atoms with Crippen molar-refractivity contribution in [2.24, 2.45) is 0 Å². The fourth-order valence-corrected chi connectivity index (χ4v) is 10.1. The van der Waals surface area contributed by atoms with Crippen LogP contribution in [0.4, 0.5) is 0 Å². The molecule has 9 aromatic carbocycles. The van der Waals surface area contributed by atoms with E-state index >= 15 is 0 Å². The summed E-state index contributed by atoms with van der Waals surface area (Å²) in [5, 5.41) is 15.8. The molecule has 12 rings (SSSR count). The summed E-state index contributed by atoms with van der Waals surface area (Å²) in [5.74, 6) is 0. The van der Waals surface area contributed by atoms with Crippen LogP contribution in [-0.2, 0) is 0 Å². The van der Waals surface area contributed by atoms with Crippen LogP contribution in [0.1, 0.15) is 27.8 Å². The van der Waals surface area contributed by atoms with Gasteiger partial charge >= 0.3 is 0 Å². The Bertz CT molecular complexity index is 3750. The first kappa shape index (κ1) is 40.7. The zero-order valence-corrected chi connectivity index (χ0v) is 38.4. The highest BCUT2D eigenvalue weighted by Gasteiger charge is 2.24. The lowest BCUT2D eigenvalue weighted by Gasteiger charge is -2.20. The third kappa shape index (κ3) is 6.96. The van der Waals surface area contributed by atoms with Crippen molar-refractivity contribution < 1.29 is 0 Å². The minimum absolute atomic E-state index is 0.579. The maximum atomic E-state index is 11.2. The lowest BCUT2D eigenvalue weighted by atomic mass is 9.98. The van der Waals surface area contributed by atoms with E-state index in [2.05, 4.69) is 230 Å². The molecule has 0 unspecified atom stereocenters. The third-order valence-electron chi connectivity index (χ3n) is 13.8. The second kappa shape index (κ2) is 16.3. The van der Waals surface area contributed by atoms with Gasteiger partial charge in [-0.15, -0.1) is 0 Å². The number of fused-ring (bicyclic) bond motifs is 6. The van der Waals surface area contributed by atoms with Gasteiger partial charge in [0.15, 0.2) is 0 Å². The zero-order valence-electron chi connectivity index (χ0n) is 38.4. The lowest BCUT2D eigenvalue weighted by Crippen LogP contribution is -2.06. The fraction of sp³-hybridized carbons (Fsp3) is 0.0625. The Kier molecular flexibility index (Phi) is 9.74. The lowest BCUT2D eigenvalue weighted by molar-refractivity contribution is 1.09. The van der Waals surface area contributed by atoms with Crippen molar-refractivity contribution in [3.8, 4) is 73.1 Å². The Morgan fingerprint density at radius 1 is 0.324 bits per heavy atom. The topological polar surface area (TPSA) is 46.5 Å². The van der Waals surface area contributed by atoms with Crippen molar-refractivity contribution in [2.45, 2.75) is 27.7 Å². The Morgan fingerprint density at radius 3 is 0.926 bits per heavy atom. The van der Waals surface area contributed by atoms with Gasteiger partial charge in [0.05, 0.1) is 45.1 Å². The summed E-state index contributed by atoms with van der Waals surface area (Å²) in [5.41, 5.74) is 22.5. The van der Waals surface area contributed by atoms with Crippen LogP contribution in [0, 0.1) is 39.0 Å². The van der Waals surface area contributed by atoms with Gasteiger partial charge in [0.25, 0.3) is 0 Å². The summed E-state index contributed by atoms with van der Waals surface area (Å²) in [7, 11) is 0. The molecule has 0 N–H and O–H groups in total. The molecule has 0 saturated heterocycles. The molecule has 0 saturated carbocycles. The van der Waals surface area contributed by atoms with E-state index in [0.717, 1.165) is 111 Å². The van der Waals surface area contributed by atoms with Gasteiger partial charge in [-0.3, -0.25) is 4.98 Å². The zero-order chi connectivity index (χ0) is 46.0. The standard InChI is InChI=1S/C64H46N4/c1-40-5-13-44(14-6-40)49-21-25-54-55-26-22-50(45-15-7-41(2)8-16-45)34-60(55)67(59(54)33-49)63-37-53(39-65)58(48-29-31-66-32-30-48)38-64(63)68-61-35-51(46-17-9-42(3)10-18-46)23-27-56(61)57-28-24-52(36-62(57)68)47-19-11-43(4)12-20-47/h5-38H,1-4H3. The molecule has 0 radical (unpaired) electrons. The number of rotatable bonds is 7. The average Bonchev–Trinajstić information content (AvgIpc) is 3.88. The first-order chi connectivity index (χ1) is 33.3. The van der Waals surface area contributed by atoms with Gasteiger partial charge in [-0.1, -0.05) is 168 Å². The summed E-state index contributed by atoms with van der Waals surface area (Å²) < 4.78 is 4.87. The van der Waals surface area contributed by atoms with E-state index in [4.69, 9.17) is 0 Å². The molecule has 0 amide bonds. The smallest absolute Gasteiger partial charge is 0.0998 e. The molecule has 68 heavy (non-hydrogen) atoms. The summed E-state index contributed by atoms with van der Waals surface area (Å²) in [6.07, 6.45) is 3.61. The van der Waals surface area contributed by atoms with Crippen LogP contribution in [0.25, 0.3) is 111 Å². The highest BCUT2D eigenvalue weighted by atomic mass is 15.1. The molecular weight excluding hydrogens is 825 g/mol. The van der Waals surface area contributed by atoms with Crippen molar-refractivity contribution in [3.05, 3.63) is 234 Å². The summed E-state index contributed by atoms with van der Waals surface area (Å²) in [4.78, 5) is 4.38. The Labute approximate surface area is 396 Å². The quantitative estimate of drug-likeness (QED) is 0.160. The van der Waals surface area contributed by atoms with Crippen molar-refractivity contribution >= 4 is 43.6 Å². The van der Waals surface area contributed by atoms with Crippen molar-refractivity contribution in [1.82, 2.24) is 14.1 Å². The highest BCUT2D eigenvalue weighted by molar-refractivity contribution is 6.14. The Hall–Kier alpha value is -8.78. The van der Waals surface area contributed by atoms with Crippen molar-refractivity contribution in [1.29, 1.82) is 5.26 Å². The van der Waals surface area contributed by atoms with E-state index < -0.39 is 0 Å². The molecule has 4 nitrogen and oxygen atoms in total. The minimum Gasteiger partial charge on any atom is -0.307 e. The summed E-state index contributed by atoms with van der Waals surface area (Å²) >= 11 is 0. The number of nitrogens with zero attached hydrogens (tertiary/aromatic N) is 4. The molecule has 0 aliphatic heterocycles. The maximum Gasteiger partial charge on any atom is 0.0998 e. The monoisotopic (exact) mass is 870 g/mol. The molecule has 0 spiro atoms. The summed E-state index contributed by atoms with van der Waals surface area (Å²) in [6.45, 7) is 8.52. The predicted octanol–water partition coefficient (Wildman–Crippen LogP) is 16.7. The molecule has 3 heterocycles. The van der Waals surface area contributed by atoms with E-state index in [9.17, 15) is 5.26 Å². The molecule has 0 atom stereocenters. The van der Waals surface area contributed by atoms with Crippen LogP contribution in [0.5, 0.6) is 0 Å². The Morgan fingerprint density at radius 2 is 0.618 bits per heavy atom. The molecule has 0 aliphatic carbocycles. The average molecular weight is 871 g/mol. The van der Waals surface area contributed by atoms with Crippen LogP contribution in [-0.4, -0.2) is 14.1 Å². The second-order valence-electron chi connectivity index (χ2n) is 18.3. The number of hydrogen-bond acceptors (Lipinski definition) is 2. The summed E-state index contributed by atoms with van der Waals surface area (Å²) in [6, 6.07) is 73.5. The van der Waals surface area contributed by atoms with Gasteiger partial charge in [-0.2, -0.15) is 5.26 Å². The van der Waals surface area contributed by atoms with Crippen LogP contribution in [0.3, 0.4) is 0 Å². The first-order valence-corrected chi connectivity index (χ1v) is 23.2. The Balaban J connectivity index is 1.24. The van der Waals surface area contributed by atoms with E-state index in [-0.39, 0.29) is 0 Å². The van der Waals surface area contributed by atoms with Gasteiger partial charge in [0, 0.05) is 39.5 Å². The van der Waals surface area contributed by atoms with Crippen molar-refractivity contribution in [2.75, 3.05) is 0 Å². The number of nitriles is 1. The van der Waals surface area contributed by atoms with E-state index in [0.29, 0.717) is 5.56 Å². The first-order valence-electron chi connectivity index (χ1n) is 23.2. The third-order valence-corrected chi connectivity index (χ3v) is 13.8. The maximum absolute atomic E-state index is 11.2. The number of benzene rings is 9. The normalized spacial score (nSPS) is 11.5. The van der Waals surface area contributed by atoms with Crippen LogP contribution >= 0.6 is 0 Å². The van der Waals surface area contributed by atoms with Gasteiger partial charge < -0.3 is 9.13 Å². The number of hydrogen-bond donors (Lipinski definition) is 0. The van der Waals surface area contributed by atoms with E-state index in [1.54, 1.807) is 12.4 Å². The molecular formula is C64H46N4. The van der Waals surface area contributed by atoms with E-state index in [1.807, 2.05) is 12.1 Å². The predicted molar refractivity (Wildman–Crippen MR) is 284 cm³/mol. The molecule has 12 aromatic rings. The molecule has 0 fully saturated rings. The molecule has 3 aromatic heterocycles. The molecule has 4 heteroatoms. The molecule has 0 aliphatic rings.